The van der Waals surface area contributed by atoms with Gasteiger partial charge in [-0.25, -0.2) is 0 Å². The van der Waals surface area contributed by atoms with Crippen molar-refractivity contribution in [2.75, 3.05) is 25.4 Å². The number of nitrogens with two attached hydrogens (primary N) is 1. The van der Waals surface area contributed by atoms with E-state index in [-0.39, 0.29) is 17.9 Å². The molecular weight excluding hydrogens is 572 g/mol. The zero-order valence-corrected chi connectivity index (χ0v) is 27.1. The van der Waals surface area contributed by atoms with Crippen LogP contribution in [0.25, 0.3) is 0 Å². The molecule has 45 heavy (non-hydrogen) atoms. The summed E-state index contributed by atoms with van der Waals surface area (Å²) < 4.78 is 11.8. The Morgan fingerprint density at radius 3 is 1.64 bits per heavy atom. The van der Waals surface area contributed by atoms with Gasteiger partial charge in [-0.15, -0.1) is 0 Å². The van der Waals surface area contributed by atoms with Gasteiger partial charge in [0.25, 0.3) is 5.91 Å². The number of carbonyl (C=O) groups is 3. The molecule has 0 fully saturated rings. The van der Waals surface area contributed by atoms with Crippen molar-refractivity contribution in [3.8, 4) is 11.5 Å². The summed E-state index contributed by atoms with van der Waals surface area (Å²) in [6.45, 7) is 1.36. The summed E-state index contributed by atoms with van der Waals surface area (Å²) >= 11 is 0. The van der Waals surface area contributed by atoms with Gasteiger partial charge in [-0.1, -0.05) is 115 Å². The van der Waals surface area contributed by atoms with Crippen molar-refractivity contribution >= 4 is 23.5 Å². The lowest BCUT2D eigenvalue weighted by Crippen LogP contribution is -2.39. The van der Waals surface area contributed by atoms with Crippen LogP contribution in [0.5, 0.6) is 11.5 Å². The van der Waals surface area contributed by atoms with Crippen molar-refractivity contribution in [1.82, 2.24) is 4.90 Å². The molecule has 0 spiro atoms. The Morgan fingerprint density at radius 1 is 0.667 bits per heavy atom. The molecule has 9 nitrogen and oxygen atoms in total. The van der Waals surface area contributed by atoms with E-state index < -0.39 is 30.9 Å². The van der Waals surface area contributed by atoms with Gasteiger partial charge in [0.15, 0.2) is 0 Å². The number of ether oxygens (including phenoxy) is 2. The van der Waals surface area contributed by atoms with E-state index in [1.807, 2.05) is 0 Å². The van der Waals surface area contributed by atoms with Crippen molar-refractivity contribution in [3.63, 3.8) is 0 Å². The SMILES string of the molecule is CCCCCCCCCCCCCCCCCCOc1ccc(OCc2ccc(N)cc2)c(C(=O)N(CC(=O)O)CC(=O)O)c1. The van der Waals surface area contributed by atoms with Gasteiger partial charge in [-0.3, -0.25) is 14.4 Å². The third-order valence-electron chi connectivity index (χ3n) is 7.76. The first kappa shape index (κ1) is 37.4. The third kappa shape index (κ3) is 16.8. The van der Waals surface area contributed by atoms with Gasteiger partial charge < -0.3 is 30.3 Å². The summed E-state index contributed by atoms with van der Waals surface area (Å²) in [5.74, 6) is -2.76. The minimum atomic E-state index is -1.31. The maximum absolute atomic E-state index is 13.3. The van der Waals surface area contributed by atoms with Crippen LogP contribution >= 0.6 is 0 Å². The lowest BCUT2D eigenvalue weighted by Gasteiger charge is -2.21. The average Bonchev–Trinajstić information content (AvgIpc) is 3.01. The predicted octanol–water partition coefficient (Wildman–Crippen LogP) is 8.10. The molecule has 0 bridgehead atoms. The van der Waals surface area contributed by atoms with Crippen LogP contribution < -0.4 is 15.2 Å². The Morgan fingerprint density at radius 2 is 1.16 bits per heavy atom. The van der Waals surface area contributed by atoms with E-state index in [1.54, 1.807) is 36.4 Å². The number of unbranched alkanes of at least 4 members (excludes halogenated alkanes) is 15. The van der Waals surface area contributed by atoms with Gasteiger partial charge in [-0.2, -0.15) is 0 Å². The summed E-state index contributed by atoms with van der Waals surface area (Å²) in [6, 6.07) is 11.8. The van der Waals surface area contributed by atoms with Crippen LogP contribution in [0, 0.1) is 0 Å². The Labute approximate surface area is 269 Å². The van der Waals surface area contributed by atoms with E-state index in [4.69, 9.17) is 15.2 Å². The third-order valence-corrected chi connectivity index (χ3v) is 7.76. The van der Waals surface area contributed by atoms with E-state index in [0.717, 1.165) is 29.7 Å². The zero-order chi connectivity index (χ0) is 32.7. The molecule has 2 rings (SSSR count). The maximum atomic E-state index is 13.3. The molecule has 0 aliphatic heterocycles. The highest BCUT2D eigenvalue weighted by Crippen LogP contribution is 2.27. The molecule has 0 aliphatic rings. The lowest BCUT2D eigenvalue weighted by molar-refractivity contribution is -0.140. The standard InChI is InChI=1S/C36H54N2O7/c1-2-3-4-5-6-7-8-9-10-11-12-13-14-15-16-17-24-44-31-22-23-33(45-28-29-18-20-30(37)21-19-29)32(25-31)36(43)38(26-34(39)40)27-35(41)42/h18-23,25H,2-17,24,26-28,37H2,1H3,(H,39,40)(H,41,42). The monoisotopic (exact) mass is 626 g/mol. The summed E-state index contributed by atoms with van der Waals surface area (Å²) in [7, 11) is 0. The Hall–Kier alpha value is -3.75. The first-order valence-corrected chi connectivity index (χ1v) is 16.8. The Bertz CT molecular complexity index is 1120. The molecule has 0 atom stereocenters. The second-order valence-corrected chi connectivity index (χ2v) is 11.8. The fourth-order valence-electron chi connectivity index (χ4n) is 5.20. The number of amides is 1. The van der Waals surface area contributed by atoms with Crippen LogP contribution in [0.4, 0.5) is 5.69 Å². The maximum Gasteiger partial charge on any atom is 0.323 e. The molecular formula is C36H54N2O7. The van der Waals surface area contributed by atoms with Crippen LogP contribution in [-0.2, 0) is 16.2 Å². The molecule has 0 radical (unpaired) electrons. The van der Waals surface area contributed by atoms with E-state index in [9.17, 15) is 24.6 Å². The summed E-state index contributed by atoms with van der Waals surface area (Å²) in [4.78, 5) is 36.8. The van der Waals surface area contributed by atoms with Gasteiger partial charge in [-0.05, 0) is 42.3 Å². The molecule has 1 amide bonds. The number of nitrogens with zero attached hydrogens (tertiary/aromatic N) is 1. The number of carboxylic acids is 2. The van der Waals surface area contributed by atoms with Gasteiger partial charge in [0.2, 0.25) is 0 Å². The first-order valence-electron chi connectivity index (χ1n) is 16.8. The van der Waals surface area contributed by atoms with Gasteiger partial charge >= 0.3 is 11.9 Å². The molecule has 0 aromatic heterocycles. The van der Waals surface area contributed by atoms with Gasteiger partial charge in [0, 0.05) is 5.69 Å². The summed E-state index contributed by atoms with van der Waals surface area (Å²) in [5.41, 5.74) is 7.22. The molecule has 0 saturated heterocycles. The number of aliphatic carboxylic acids is 2. The molecule has 2 aromatic rings. The largest absolute Gasteiger partial charge is 0.494 e. The van der Waals surface area contributed by atoms with Gasteiger partial charge in [0.1, 0.15) is 31.2 Å². The zero-order valence-electron chi connectivity index (χ0n) is 27.1. The number of hydrogen-bond acceptors (Lipinski definition) is 6. The first-order chi connectivity index (χ1) is 21.8. The highest BCUT2D eigenvalue weighted by Gasteiger charge is 2.25. The second-order valence-electron chi connectivity index (χ2n) is 11.8. The van der Waals surface area contributed by atoms with E-state index in [1.165, 1.54) is 89.5 Å². The van der Waals surface area contributed by atoms with Crippen LogP contribution in [0.2, 0.25) is 0 Å². The van der Waals surface area contributed by atoms with Crippen molar-refractivity contribution in [1.29, 1.82) is 0 Å². The fourth-order valence-corrected chi connectivity index (χ4v) is 5.20. The van der Waals surface area contributed by atoms with Crippen LogP contribution in [0.3, 0.4) is 0 Å². The van der Waals surface area contributed by atoms with Crippen molar-refractivity contribution in [2.45, 2.75) is 116 Å². The predicted molar refractivity (Wildman–Crippen MR) is 178 cm³/mol. The van der Waals surface area contributed by atoms with Crippen molar-refractivity contribution < 1.29 is 34.1 Å². The number of carbonyl (C=O) groups excluding carboxylic acids is 1. The molecule has 4 N–H and O–H groups in total. The number of nitrogen functional groups attached to an aromatic ring is 1. The van der Waals surface area contributed by atoms with Gasteiger partial charge in [0.05, 0.1) is 12.2 Å². The smallest absolute Gasteiger partial charge is 0.323 e. The summed E-state index contributed by atoms with van der Waals surface area (Å²) in [6.07, 6.45) is 20.6. The van der Waals surface area contributed by atoms with E-state index in [0.29, 0.717) is 18.0 Å². The molecule has 0 heterocycles. The topological polar surface area (TPSA) is 139 Å². The lowest BCUT2D eigenvalue weighted by atomic mass is 10.0. The molecule has 9 heteroatoms. The van der Waals surface area contributed by atoms with Crippen molar-refractivity contribution in [3.05, 3.63) is 53.6 Å². The Balaban J connectivity index is 1.78. The number of anilines is 1. The number of benzene rings is 2. The minimum Gasteiger partial charge on any atom is -0.494 e. The molecule has 0 saturated carbocycles. The number of carboxylic acid groups (broad SMARTS) is 2. The average molecular weight is 627 g/mol. The minimum absolute atomic E-state index is 0.0393. The van der Waals surface area contributed by atoms with Crippen LogP contribution in [0.1, 0.15) is 126 Å². The quantitative estimate of drug-likeness (QED) is 0.0703. The molecule has 0 aliphatic carbocycles. The number of hydrogen-bond donors (Lipinski definition) is 3. The fraction of sp³-hybridized carbons (Fsp3) is 0.583. The van der Waals surface area contributed by atoms with Crippen molar-refractivity contribution in [2.24, 2.45) is 0 Å². The van der Waals surface area contributed by atoms with Crippen LogP contribution in [0.15, 0.2) is 42.5 Å². The highest BCUT2D eigenvalue weighted by atomic mass is 16.5. The van der Waals surface area contributed by atoms with E-state index >= 15 is 0 Å². The normalized spacial score (nSPS) is 10.9. The van der Waals surface area contributed by atoms with Crippen LogP contribution in [-0.4, -0.2) is 52.7 Å². The Kier molecular flexibility index (Phi) is 18.9. The van der Waals surface area contributed by atoms with E-state index in [2.05, 4.69) is 6.92 Å². The summed E-state index contributed by atoms with van der Waals surface area (Å²) in [5, 5.41) is 18.5. The molecule has 0 unspecified atom stereocenters. The number of rotatable bonds is 26. The molecule has 250 valence electrons. The second kappa shape index (κ2) is 22.7. The highest BCUT2D eigenvalue weighted by molar-refractivity contribution is 6.00. The molecule has 2 aromatic carbocycles.